The standard InChI is InChI=1S/C22H21N7O/c1-30-19-14-12-16(13-15-19)24-20-25-21(28-23)27-22(26-20)29(17-8-4-2-5-9-17)18-10-6-3-7-11-18/h2-15H,23H2,1H3,(H2,24,25,26,27,28). The average Bonchev–Trinajstić information content (AvgIpc) is 2.81. The molecule has 0 aliphatic rings. The van der Waals surface area contributed by atoms with Gasteiger partial charge in [-0.25, -0.2) is 5.84 Å². The first-order valence-corrected chi connectivity index (χ1v) is 9.31. The lowest BCUT2D eigenvalue weighted by atomic mass is 10.2. The molecule has 0 saturated heterocycles. The molecule has 0 unspecified atom stereocenters. The molecule has 8 nitrogen and oxygen atoms in total. The number of aromatic nitrogens is 3. The van der Waals surface area contributed by atoms with Crippen LogP contribution in [0.15, 0.2) is 84.9 Å². The number of hydrogen-bond donors (Lipinski definition) is 3. The minimum Gasteiger partial charge on any atom is -0.497 e. The van der Waals surface area contributed by atoms with Crippen molar-refractivity contribution in [2.45, 2.75) is 0 Å². The lowest BCUT2D eigenvalue weighted by Crippen LogP contribution is -2.18. The van der Waals surface area contributed by atoms with Crippen molar-refractivity contribution < 1.29 is 4.74 Å². The van der Waals surface area contributed by atoms with Gasteiger partial charge in [0.2, 0.25) is 17.8 Å². The number of nitrogens with two attached hydrogens (primary N) is 1. The van der Waals surface area contributed by atoms with Crippen LogP contribution in [-0.2, 0) is 0 Å². The molecule has 8 heteroatoms. The van der Waals surface area contributed by atoms with Crippen molar-refractivity contribution in [3.63, 3.8) is 0 Å². The number of hydrogen-bond acceptors (Lipinski definition) is 8. The number of rotatable bonds is 7. The van der Waals surface area contributed by atoms with E-state index in [1.54, 1.807) is 7.11 Å². The van der Waals surface area contributed by atoms with E-state index in [1.807, 2.05) is 89.8 Å². The van der Waals surface area contributed by atoms with E-state index in [0.717, 1.165) is 22.8 Å². The van der Waals surface area contributed by atoms with Crippen molar-refractivity contribution >= 4 is 34.9 Å². The van der Waals surface area contributed by atoms with E-state index >= 15 is 0 Å². The summed E-state index contributed by atoms with van der Waals surface area (Å²) in [6, 6.07) is 27.2. The first kappa shape index (κ1) is 19.2. The summed E-state index contributed by atoms with van der Waals surface area (Å²) in [5.41, 5.74) is 5.15. The Bertz CT molecular complexity index is 1050. The molecule has 4 N–H and O–H groups in total. The molecule has 0 aliphatic heterocycles. The number of nitrogens with one attached hydrogen (secondary N) is 2. The fourth-order valence-corrected chi connectivity index (χ4v) is 2.92. The molecule has 30 heavy (non-hydrogen) atoms. The molecule has 150 valence electrons. The van der Waals surface area contributed by atoms with Crippen molar-refractivity contribution in [3.8, 4) is 5.75 Å². The van der Waals surface area contributed by atoms with E-state index in [0.29, 0.717) is 11.9 Å². The first-order chi connectivity index (χ1) is 14.8. The minimum absolute atomic E-state index is 0.243. The van der Waals surface area contributed by atoms with Gasteiger partial charge in [0.05, 0.1) is 7.11 Å². The summed E-state index contributed by atoms with van der Waals surface area (Å²) in [5, 5.41) is 3.19. The first-order valence-electron chi connectivity index (χ1n) is 9.31. The minimum atomic E-state index is 0.243. The predicted molar refractivity (Wildman–Crippen MR) is 119 cm³/mol. The van der Waals surface area contributed by atoms with Gasteiger partial charge in [0.25, 0.3) is 0 Å². The van der Waals surface area contributed by atoms with Gasteiger partial charge in [-0.2, -0.15) is 15.0 Å². The second-order valence-corrected chi connectivity index (χ2v) is 6.29. The van der Waals surface area contributed by atoms with E-state index in [2.05, 4.69) is 25.7 Å². The Balaban J connectivity index is 1.76. The Morgan fingerprint density at radius 1 is 0.733 bits per heavy atom. The van der Waals surface area contributed by atoms with Gasteiger partial charge in [0, 0.05) is 17.1 Å². The number of benzene rings is 3. The van der Waals surface area contributed by atoms with Crippen molar-refractivity contribution in [1.29, 1.82) is 0 Å². The van der Waals surface area contributed by atoms with E-state index in [-0.39, 0.29) is 5.95 Å². The van der Waals surface area contributed by atoms with Crippen LogP contribution < -0.4 is 26.2 Å². The fraction of sp³-hybridized carbons (Fsp3) is 0.0455. The predicted octanol–water partition coefficient (Wildman–Crippen LogP) is 4.38. The normalized spacial score (nSPS) is 10.3. The smallest absolute Gasteiger partial charge is 0.243 e. The molecule has 0 aliphatic carbocycles. The lowest BCUT2D eigenvalue weighted by Gasteiger charge is -2.23. The van der Waals surface area contributed by atoms with Crippen molar-refractivity contribution in [1.82, 2.24) is 15.0 Å². The lowest BCUT2D eigenvalue weighted by molar-refractivity contribution is 0.415. The maximum Gasteiger partial charge on any atom is 0.243 e. The number of nitrogens with zero attached hydrogens (tertiary/aromatic N) is 4. The zero-order chi connectivity index (χ0) is 20.8. The molecule has 4 rings (SSSR count). The summed E-state index contributed by atoms with van der Waals surface area (Å²) >= 11 is 0. The van der Waals surface area contributed by atoms with Gasteiger partial charge in [-0.15, -0.1) is 0 Å². The van der Waals surface area contributed by atoms with Crippen molar-refractivity contribution in [3.05, 3.63) is 84.9 Å². The Kier molecular flexibility index (Phi) is 5.68. The summed E-state index contributed by atoms with van der Waals surface area (Å²) in [7, 11) is 1.63. The largest absolute Gasteiger partial charge is 0.497 e. The zero-order valence-electron chi connectivity index (χ0n) is 16.4. The number of nitrogen functional groups attached to an aromatic ring is 1. The highest BCUT2D eigenvalue weighted by molar-refractivity contribution is 5.73. The van der Waals surface area contributed by atoms with Crippen LogP contribution in [0.2, 0.25) is 0 Å². The molecule has 4 aromatic rings. The van der Waals surface area contributed by atoms with Crippen LogP contribution in [0, 0.1) is 0 Å². The molecular weight excluding hydrogens is 378 g/mol. The molecule has 0 saturated carbocycles. The number of methoxy groups -OCH3 is 1. The van der Waals surface area contributed by atoms with Gasteiger partial charge in [-0.3, -0.25) is 10.3 Å². The molecule has 0 amide bonds. The SMILES string of the molecule is COc1ccc(Nc2nc(NN)nc(N(c3ccccc3)c3ccccc3)n2)cc1. The third-order valence-corrected chi connectivity index (χ3v) is 4.33. The highest BCUT2D eigenvalue weighted by atomic mass is 16.5. The molecule has 0 spiro atoms. The molecule has 0 radical (unpaired) electrons. The maximum absolute atomic E-state index is 5.63. The van der Waals surface area contributed by atoms with E-state index in [9.17, 15) is 0 Å². The number of para-hydroxylation sites is 2. The highest BCUT2D eigenvalue weighted by Gasteiger charge is 2.17. The van der Waals surface area contributed by atoms with E-state index in [4.69, 9.17) is 10.6 Å². The highest BCUT2D eigenvalue weighted by Crippen LogP contribution is 2.32. The van der Waals surface area contributed by atoms with Crippen LogP contribution in [0.3, 0.4) is 0 Å². The Labute approximate surface area is 174 Å². The van der Waals surface area contributed by atoms with Gasteiger partial charge >= 0.3 is 0 Å². The molecule has 1 aromatic heterocycles. The fourth-order valence-electron chi connectivity index (χ4n) is 2.92. The zero-order valence-corrected chi connectivity index (χ0v) is 16.4. The van der Waals surface area contributed by atoms with E-state index < -0.39 is 0 Å². The molecule has 0 bridgehead atoms. The van der Waals surface area contributed by atoms with E-state index in [1.165, 1.54) is 0 Å². The monoisotopic (exact) mass is 399 g/mol. The summed E-state index contributed by atoms with van der Waals surface area (Å²) < 4.78 is 5.20. The number of hydrazine groups is 1. The van der Waals surface area contributed by atoms with Crippen LogP contribution in [0.4, 0.5) is 34.9 Å². The van der Waals surface area contributed by atoms with Crippen LogP contribution >= 0.6 is 0 Å². The van der Waals surface area contributed by atoms with Gasteiger partial charge in [-0.05, 0) is 48.5 Å². The van der Waals surface area contributed by atoms with Crippen LogP contribution in [0.25, 0.3) is 0 Å². The third kappa shape index (κ3) is 4.29. The van der Waals surface area contributed by atoms with Crippen LogP contribution in [-0.4, -0.2) is 22.1 Å². The maximum atomic E-state index is 5.63. The second kappa shape index (κ2) is 8.89. The number of ether oxygens (including phenoxy) is 1. The molecule has 0 atom stereocenters. The second-order valence-electron chi connectivity index (χ2n) is 6.29. The summed E-state index contributed by atoms with van der Waals surface area (Å²) in [6.45, 7) is 0. The molecule has 1 heterocycles. The molecule has 0 fully saturated rings. The number of anilines is 6. The Morgan fingerprint density at radius 3 is 1.83 bits per heavy atom. The van der Waals surface area contributed by atoms with Crippen molar-refractivity contribution in [2.24, 2.45) is 5.84 Å². The van der Waals surface area contributed by atoms with Gasteiger partial charge in [0.1, 0.15) is 5.75 Å². The van der Waals surface area contributed by atoms with Gasteiger partial charge < -0.3 is 10.1 Å². The third-order valence-electron chi connectivity index (χ3n) is 4.33. The van der Waals surface area contributed by atoms with Gasteiger partial charge in [0.15, 0.2) is 0 Å². The topological polar surface area (TPSA) is 101 Å². The summed E-state index contributed by atoms with van der Waals surface area (Å²) in [5.74, 6) is 7.42. The van der Waals surface area contributed by atoms with Gasteiger partial charge in [-0.1, -0.05) is 36.4 Å². The van der Waals surface area contributed by atoms with Crippen molar-refractivity contribution in [2.75, 3.05) is 22.8 Å². The Hall–Kier alpha value is -4.17. The molecular formula is C22H21N7O. The average molecular weight is 399 g/mol. The van der Waals surface area contributed by atoms with Crippen LogP contribution in [0.1, 0.15) is 0 Å². The molecule has 3 aromatic carbocycles. The summed E-state index contributed by atoms with van der Waals surface area (Å²) in [4.78, 5) is 15.4. The Morgan fingerprint density at radius 2 is 1.30 bits per heavy atom. The quantitative estimate of drug-likeness (QED) is 0.311. The summed E-state index contributed by atoms with van der Waals surface area (Å²) in [6.07, 6.45) is 0. The van der Waals surface area contributed by atoms with Crippen LogP contribution in [0.5, 0.6) is 5.75 Å².